The molecule has 1 aliphatic rings. The van der Waals surface area contributed by atoms with Gasteiger partial charge in [-0.1, -0.05) is 6.58 Å². The first-order chi connectivity index (χ1) is 13.7. The van der Waals surface area contributed by atoms with E-state index in [4.69, 9.17) is 0 Å². The van der Waals surface area contributed by atoms with Gasteiger partial charge in [0.25, 0.3) is 0 Å². The van der Waals surface area contributed by atoms with E-state index in [0.717, 1.165) is 58.1 Å². The summed E-state index contributed by atoms with van der Waals surface area (Å²) in [6.45, 7) is 7.89. The Morgan fingerprint density at radius 2 is 1.86 bits per heavy atom. The predicted octanol–water partition coefficient (Wildman–Crippen LogP) is 3.78. The van der Waals surface area contributed by atoms with Gasteiger partial charge in [-0.2, -0.15) is 0 Å². The monoisotopic (exact) mass is 393 g/mol. The fourth-order valence-electron chi connectivity index (χ4n) is 4.42. The molecule has 0 saturated heterocycles. The number of Topliss-reactive ketones (excluding diaryl/α,β-unsaturated/α-hetero) is 1. The molecule has 1 aliphatic heterocycles. The molecule has 6 heteroatoms. The van der Waals surface area contributed by atoms with Crippen LogP contribution in [0.2, 0.25) is 0 Å². The van der Waals surface area contributed by atoms with E-state index in [2.05, 4.69) is 16.0 Å². The van der Waals surface area contributed by atoms with E-state index in [1.165, 1.54) is 6.92 Å². The van der Waals surface area contributed by atoms with Crippen molar-refractivity contribution in [2.24, 2.45) is 0 Å². The minimum atomic E-state index is -0.171. The normalized spacial score (nSPS) is 13.8. The van der Waals surface area contributed by atoms with Crippen molar-refractivity contribution in [3.05, 3.63) is 41.5 Å². The second-order valence-electron chi connectivity index (χ2n) is 8.20. The maximum absolute atomic E-state index is 12.1. The first-order valence-corrected chi connectivity index (χ1v) is 9.80. The van der Waals surface area contributed by atoms with Gasteiger partial charge in [0, 0.05) is 54.3 Å². The van der Waals surface area contributed by atoms with Gasteiger partial charge < -0.3 is 24.6 Å². The summed E-state index contributed by atoms with van der Waals surface area (Å²) in [5, 5.41) is 23.2. The molecule has 0 spiro atoms. The quantitative estimate of drug-likeness (QED) is 0.646. The van der Waals surface area contributed by atoms with Crippen molar-refractivity contribution < 1.29 is 15.0 Å². The lowest BCUT2D eigenvalue weighted by atomic mass is 9.99. The van der Waals surface area contributed by atoms with Crippen LogP contribution >= 0.6 is 0 Å². The second-order valence-corrected chi connectivity index (χ2v) is 8.20. The van der Waals surface area contributed by atoms with Gasteiger partial charge in [0.2, 0.25) is 0 Å². The lowest BCUT2D eigenvalue weighted by molar-refractivity contribution is 0.101. The van der Waals surface area contributed by atoms with Crippen LogP contribution < -0.4 is 0 Å². The van der Waals surface area contributed by atoms with Crippen molar-refractivity contribution >= 4 is 33.3 Å². The highest BCUT2D eigenvalue weighted by molar-refractivity contribution is 6.15. The Morgan fingerprint density at radius 3 is 2.52 bits per heavy atom. The van der Waals surface area contributed by atoms with Gasteiger partial charge >= 0.3 is 0 Å². The Morgan fingerprint density at radius 1 is 1.17 bits per heavy atom. The summed E-state index contributed by atoms with van der Waals surface area (Å²) in [6.07, 6.45) is 0.922. The number of carbonyl (C=O) groups excluding carboxylic acids is 1. The van der Waals surface area contributed by atoms with Gasteiger partial charge in [0.1, 0.15) is 11.5 Å². The summed E-state index contributed by atoms with van der Waals surface area (Å²) >= 11 is 0. The van der Waals surface area contributed by atoms with E-state index >= 15 is 0 Å². The maximum atomic E-state index is 12.1. The molecule has 0 radical (unpaired) electrons. The largest absolute Gasteiger partial charge is 0.507 e. The minimum Gasteiger partial charge on any atom is -0.507 e. The Hall–Kier alpha value is -2.99. The van der Waals surface area contributed by atoms with Gasteiger partial charge in [-0.05, 0) is 45.6 Å². The third kappa shape index (κ3) is 2.95. The highest BCUT2D eigenvalue weighted by Crippen LogP contribution is 2.45. The molecule has 0 atom stereocenters. The van der Waals surface area contributed by atoms with Gasteiger partial charge in [0.15, 0.2) is 5.78 Å². The van der Waals surface area contributed by atoms with Gasteiger partial charge in [-0.3, -0.25) is 4.79 Å². The minimum absolute atomic E-state index is 0.0101. The van der Waals surface area contributed by atoms with Crippen molar-refractivity contribution in [3.63, 3.8) is 0 Å². The van der Waals surface area contributed by atoms with Crippen molar-refractivity contribution in [1.82, 2.24) is 14.4 Å². The van der Waals surface area contributed by atoms with Crippen LogP contribution in [0.25, 0.3) is 27.5 Å². The van der Waals surface area contributed by atoms with Gasteiger partial charge in [-0.25, -0.2) is 0 Å². The smallest absolute Gasteiger partial charge is 0.163 e. The molecule has 0 unspecified atom stereocenters. The molecule has 152 valence electrons. The first-order valence-electron chi connectivity index (χ1n) is 9.80. The number of aryl methyl sites for hydroxylation is 1. The van der Waals surface area contributed by atoms with E-state index in [1.54, 1.807) is 18.2 Å². The van der Waals surface area contributed by atoms with Crippen LogP contribution in [-0.4, -0.2) is 58.1 Å². The fraction of sp³-hybridized carbons (Fsp3) is 0.348. The van der Waals surface area contributed by atoms with Crippen molar-refractivity contribution in [2.75, 3.05) is 27.7 Å². The molecule has 29 heavy (non-hydrogen) atoms. The Bertz CT molecular complexity index is 1170. The Labute approximate surface area is 170 Å². The summed E-state index contributed by atoms with van der Waals surface area (Å²) < 4.78 is 2.14. The van der Waals surface area contributed by atoms with E-state index in [0.29, 0.717) is 12.1 Å². The van der Waals surface area contributed by atoms with Gasteiger partial charge in [0.05, 0.1) is 16.6 Å². The first kappa shape index (κ1) is 19.3. The molecule has 2 heterocycles. The highest BCUT2D eigenvalue weighted by atomic mass is 16.3. The second kappa shape index (κ2) is 6.81. The van der Waals surface area contributed by atoms with E-state index in [9.17, 15) is 15.0 Å². The molecule has 0 fully saturated rings. The molecule has 1 aromatic heterocycles. The van der Waals surface area contributed by atoms with Crippen LogP contribution in [0, 0.1) is 0 Å². The van der Waals surface area contributed by atoms with E-state index in [-0.39, 0.29) is 17.3 Å². The number of phenols is 2. The number of fused-ring (bicyclic) bond motifs is 5. The maximum Gasteiger partial charge on any atom is 0.163 e. The lowest BCUT2D eigenvalue weighted by Gasteiger charge is -2.13. The van der Waals surface area contributed by atoms with Crippen LogP contribution in [0.4, 0.5) is 0 Å². The molecule has 0 bridgehead atoms. The van der Waals surface area contributed by atoms with Crippen LogP contribution in [0.5, 0.6) is 11.5 Å². The molecular formula is C23H27N3O3. The fourth-order valence-corrected chi connectivity index (χ4v) is 4.42. The molecule has 3 aromatic rings. The molecular weight excluding hydrogens is 366 g/mol. The summed E-state index contributed by atoms with van der Waals surface area (Å²) in [6, 6.07) is 5.26. The molecule has 4 rings (SSSR count). The lowest BCUT2D eigenvalue weighted by Crippen LogP contribution is -2.15. The average molecular weight is 393 g/mol. The SMILES string of the molecule is C=C1c2c(O)cc3c(c2CN1C)c1cc(C(C)=O)c(O)cc1n3CCCN(C)C. The topological polar surface area (TPSA) is 68.9 Å². The zero-order chi connectivity index (χ0) is 21.0. The molecule has 0 saturated carbocycles. The number of hydrogen-bond donors (Lipinski definition) is 2. The number of aromatic nitrogens is 1. The summed E-state index contributed by atoms with van der Waals surface area (Å²) in [7, 11) is 6.03. The third-order valence-corrected chi connectivity index (χ3v) is 5.87. The van der Waals surface area contributed by atoms with Crippen molar-refractivity contribution in [2.45, 2.75) is 26.4 Å². The Balaban J connectivity index is 2.06. The number of hydrogen-bond acceptors (Lipinski definition) is 5. The number of aromatic hydroxyl groups is 2. The molecule has 0 amide bonds. The highest BCUT2D eigenvalue weighted by Gasteiger charge is 2.28. The molecule has 2 N–H and O–H groups in total. The number of nitrogens with zero attached hydrogens (tertiary/aromatic N) is 3. The summed E-state index contributed by atoms with van der Waals surface area (Å²) in [5.74, 6) is 0.0356. The van der Waals surface area contributed by atoms with Gasteiger partial charge in [-0.15, -0.1) is 0 Å². The summed E-state index contributed by atoms with van der Waals surface area (Å²) in [4.78, 5) is 16.2. The van der Waals surface area contributed by atoms with E-state index in [1.807, 2.05) is 26.0 Å². The number of rotatable bonds is 5. The Kier molecular flexibility index (Phi) is 4.54. The van der Waals surface area contributed by atoms with Crippen LogP contribution in [0.15, 0.2) is 24.8 Å². The zero-order valence-electron chi connectivity index (χ0n) is 17.4. The third-order valence-electron chi connectivity index (χ3n) is 5.87. The number of benzene rings is 2. The summed E-state index contributed by atoms with van der Waals surface area (Å²) in [5.41, 5.74) is 4.68. The van der Waals surface area contributed by atoms with Crippen LogP contribution in [0.1, 0.15) is 34.8 Å². The average Bonchev–Trinajstić information content (AvgIpc) is 3.09. The number of phenolic OH excluding ortho intramolecular Hbond substituents is 2. The molecule has 2 aromatic carbocycles. The zero-order valence-corrected chi connectivity index (χ0v) is 17.4. The van der Waals surface area contributed by atoms with E-state index < -0.39 is 0 Å². The number of carbonyl (C=O) groups is 1. The number of ketones is 1. The van der Waals surface area contributed by atoms with Crippen LogP contribution in [-0.2, 0) is 13.1 Å². The van der Waals surface area contributed by atoms with Crippen LogP contribution in [0.3, 0.4) is 0 Å². The predicted molar refractivity (Wildman–Crippen MR) is 116 cm³/mol. The molecule has 0 aliphatic carbocycles. The van der Waals surface area contributed by atoms with Crippen molar-refractivity contribution in [1.29, 1.82) is 0 Å². The van der Waals surface area contributed by atoms with Crippen molar-refractivity contribution in [3.8, 4) is 11.5 Å². The standard InChI is InChI=1S/C23H27N3O3/c1-13-22-17(12-25(13)5)23-16-9-15(14(2)27)20(28)10-18(16)26(8-6-7-24(3)4)19(23)11-21(22)29/h9-11,28-29H,1,6-8,12H2,2-5H3. The molecule has 6 nitrogen and oxygen atoms in total.